The lowest BCUT2D eigenvalue weighted by molar-refractivity contribution is -0.123. The quantitative estimate of drug-likeness (QED) is 0.787. The number of hydrogen-bond acceptors (Lipinski definition) is 5. The van der Waals surface area contributed by atoms with Crippen LogP contribution in [0.5, 0.6) is 17.2 Å². The van der Waals surface area contributed by atoms with Crippen LogP contribution in [0, 0.1) is 11.3 Å². The molecule has 0 aromatic heterocycles. The summed E-state index contributed by atoms with van der Waals surface area (Å²) in [6.45, 7) is 3.99. The van der Waals surface area contributed by atoms with Crippen LogP contribution >= 0.6 is 0 Å². The van der Waals surface area contributed by atoms with Crippen LogP contribution in [-0.4, -0.2) is 26.2 Å². The third-order valence-electron chi connectivity index (χ3n) is 3.71. The van der Waals surface area contributed by atoms with Gasteiger partial charge in [0.1, 0.15) is 5.75 Å². The van der Waals surface area contributed by atoms with Crippen LogP contribution in [0.15, 0.2) is 42.5 Å². The number of ether oxygens (including phenoxy) is 3. The van der Waals surface area contributed by atoms with Crippen LogP contribution in [0.1, 0.15) is 31.0 Å². The van der Waals surface area contributed by atoms with Gasteiger partial charge in [-0.3, -0.25) is 4.79 Å². The van der Waals surface area contributed by atoms with E-state index in [1.807, 2.05) is 44.2 Å². The van der Waals surface area contributed by atoms with Gasteiger partial charge in [-0.05, 0) is 32.0 Å². The molecule has 0 bridgehead atoms. The third-order valence-corrected chi connectivity index (χ3v) is 3.71. The van der Waals surface area contributed by atoms with Crippen molar-refractivity contribution in [2.75, 3.05) is 20.3 Å². The summed E-state index contributed by atoms with van der Waals surface area (Å²) >= 11 is 0. The average molecular weight is 354 g/mol. The van der Waals surface area contributed by atoms with E-state index in [1.54, 1.807) is 25.3 Å². The highest BCUT2D eigenvalue weighted by Crippen LogP contribution is 2.28. The molecule has 0 fully saturated rings. The molecule has 0 aliphatic heterocycles. The molecule has 1 unspecified atom stereocenters. The molecule has 0 radical (unpaired) electrons. The number of carbonyl (C=O) groups is 1. The second kappa shape index (κ2) is 9.33. The SMILES string of the molecule is CCOc1cc(C#N)ccc1OCC(=O)NC(C)c1ccccc1OC. The lowest BCUT2D eigenvalue weighted by Gasteiger charge is -2.18. The van der Waals surface area contributed by atoms with Crippen molar-refractivity contribution in [2.45, 2.75) is 19.9 Å². The first-order valence-corrected chi connectivity index (χ1v) is 8.31. The van der Waals surface area contributed by atoms with Crippen molar-refractivity contribution in [2.24, 2.45) is 0 Å². The van der Waals surface area contributed by atoms with E-state index in [4.69, 9.17) is 19.5 Å². The fourth-order valence-electron chi connectivity index (χ4n) is 2.49. The fraction of sp³-hybridized carbons (Fsp3) is 0.300. The van der Waals surface area contributed by atoms with Gasteiger partial charge < -0.3 is 19.5 Å². The van der Waals surface area contributed by atoms with E-state index < -0.39 is 0 Å². The van der Waals surface area contributed by atoms with E-state index >= 15 is 0 Å². The summed E-state index contributed by atoms with van der Waals surface area (Å²) in [5.74, 6) is 1.31. The second-order valence-corrected chi connectivity index (χ2v) is 5.53. The molecule has 0 heterocycles. The molecule has 0 aliphatic rings. The number of amides is 1. The monoisotopic (exact) mass is 354 g/mol. The average Bonchev–Trinajstić information content (AvgIpc) is 2.67. The second-order valence-electron chi connectivity index (χ2n) is 5.53. The number of nitrogens with zero attached hydrogens (tertiary/aromatic N) is 1. The predicted octanol–water partition coefficient (Wildman–Crippen LogP) is 3.22. The van der Waals surface area contributed by atoms with E-state index in [1.165, 1.54) is 0 Å². The van der Waals surface area contributed by atoms with Gasteiger partial charge in [0.25, 0.3) is 5.91 Å². The first-order valence-electron chi connectivity index (χ1n) is 8.31. The minimum absolute atomic E-state index is 0.161. The Hall–Kier alpha value is -3.20. The van der Waals surface area contributed by atoms with Gasteiger partial charge in [0.05, 0.1) is 31.4 Å². The maximum atomic E-state index is 12.2. The van der Waals surface area contributed by atoms with Crippen LogP contribution in [0.4, 0.5) is 0 Å². The molecule has 6 nitrogen and oxygen atoms in total. The predicted molar refractivity (Wildman–Crippen MR) is 97.4 cm³/mol. The molecule has 2 aromatic carbocycles. The number of rotatable bonds is 8. The minimum Gasteiger partial charge on any atom is -0.496 e. The first-order chi connectivity index (χ1) is 12.6. The normalized spacial score (nSPS) is 11.2. The number of hydrogen-bond donors (Lipinski definition) is 1. The minimum atomic E-state index is -0.268. The van der Waals surface area contributed by atoms with E-state index in [2.05, 4.69) is 5.32 Å². The number of nitriles is 1. The summed E-state index contributed by atoms with van der Waals surface area (Å²) in [4.78, 5) is 12.2. The topological polar surface area (TPSA) is 80.6 Å². The maximum absolute atomic E-state index is 12.2. The number of para-hydroxylation sites is 1. The van der Waals surface area contributed by atoms with Crippen LogP contribution in [0.25, 0.3) is 0 Å². The van der Waals surface area contributed by atoms with E-state index in [0.29, 0.717) is 29.4 Å². The Kier molecular flexibility index (Phi) is 6.86. The fourth-order valence-corrected chi connectivity index (χ4v) is 2.49. The zero-order chi connectivity index (χ0) is 18.9. The molecule has 1 N–H and O–H groups in total. The molecule has 2 rings (SSSR count). The lowest BCUT2D eigenvalue weighted by Crippen LogP contribution is -2.31. The van der Waals surface area contributed by atoms with Crippen molar-refractivity contribution in [3.63, 3.8) is 0 Å². The maximum Gasteiger partial charge on any atom is 0.258 e. The van der Waals surface area contributed by atoms with Gasteiger partial charge in [-0.15, -0.1) is 0 Å². The van der Waals surface area contributed by atoms with Gasteiger partial charge in [-0.25, -0.2) is 0 Å². The molecular formula is C20H22N2O4. The van der Waals surface area contributed by atoms with E-state index in [9.17, 15) is 4.79 Å². The largest absolute Gasteiger partial charge is 0.496 e. The van der Waals surface area contributed by atoms with Crippen molar-refractivity contribution in [1.82, 2.24) is 5.32 Å². The molecule has 26 heavy (non-hydrogen) atoms. The van der Waals surface area contributed by atoms with Crippen molar-refractivity contribution >= 4 is 5.91 Å². The highest BCUT2D eigenvalue weighted by Gasteiger charge is 2.15. The van der Waals surface area contributed by atoms with Crippen molar-refractivity contribution in [3.8, 4) is 23.3 Å². The summed E-state index contributed by atoms with van der Waals surface area (Å²) in [5, 5.41) is 11.8. The van der Waals surface area contributed by atoms with E-state index in [0.717, 1.165) is 5.56 Å². The standard InChI is InChI=1S/C20H22N2O4/c1-4-25-19-11-15(12-21)9-10-18(19)26-13-20(23)22-14(2)16-7-5-6-8-17(16)24-3/h5-11,14H,4,13H2,1-3H3,(H,22,23). The van der Waals surface area contributed by atoms with Gasteiger partial charge in [0, 0.05) is 11.6 Å². The van der Waals surface area contributed by atoms with Gasteiger partial charge in [-0.1, -0.05) is 18.2 Å². The smallest absolute Gasteiger partial charge is 0.258 e. The lowest BCUT2D eigenvalue weighted by atomic mass is 10.1. The Labute approximate surface area is 153 Å². The molecule has 1 atom stereocenters. The molecule has 2 aromatic rings. The number of methoxy groups -OCH3 is 1. The number of nitrogens with one attached hydrogen (secondary N) is 1. The van der Waals surface area contributed by atoms with Crippen LogP contribution in [0.3, 0.4) is 0 Å². The van der Waals surface area contributed by atoms with Crippen molar-refractivity contribution in [1.29, 1.82) is 5.26 Å². The molecule has 6 heteroatoms. The summed E-state index contributed by atoms with van der Waals surface area (Å²) < 4.78 is 16.4. The first kappa shape index (κ1) is 19.1. The van der Waals surface area contributed by atoms with Crippen molar-refractivity contribution in [3.05, 3.63) is 53.6 Å². The summed E-state index contributed by atoms with van der Waals surface area (Å²) in [7, 11) is 1.59. The zero-order valence-electron chi connectivity index (χ0n) is 15.1. The molecule has 1 amide bonds. The van der Waals surface area contributed by atoms with Crippen molar-refractivity contribution < 1.29 is 19.0 Å². The van der Waals surface area contributed by atoms with Crippen LogP contribution < -0.4 is 19.5 Å². The molecule has 136 valence electrons. The zero-order valence-corrected chi connectivity index (χ0v) is 15.1. The molecule has 0 aliphatic carbocycles. The summed E-state index contributed by atoms with van der Waals surface area (Å²) in [5.41, 5.74) is 1.35. The Morgan fingerprint density at radius 1 is 1.15 bits per heavy atom. The molecule has 0 saturated carbocycles. The molecular weight excluding hydrogens is 332 g/mol. The van der Waals surface area contributed by atoms with Crippen LogP contribution in [0.2, 0.25) is 0 Å². The van der Waals surface area contributed by atoms with Gasteiger partial charge in [0.15, 0.2) is 18.1 Å². The summed E-state index contributed by atoms with van der Waals surface area (Å²) in [6, 6.07) is 14.2. The van der Waals surface area contributed by atoms with Gasteiger partial charge in [0.2, 0.25) is 0 Å². The highest BCUT2D eigenvalue weighted by molar-refractivity contribution is 5.78. The number of benzene rings is 2. The number of carbonyl (C=O) groups excluding carboxylic acids is 1. The highest BCUT2D eigenvalue weighted by atomic mass is 16.5. The third kappa shape index (κ3) is 4.90. The molecule has 0 saturated heterocycles. The Bertz CT molecular complexity index is 799. The van der Waals surface area contributed by atoms with E-state index in [-0.39, 0.29) is 18.6 Å². The van der Waals surface area contributed by atoms with Gasteiger partial charge in [-0.2, -0.15) is 5.26 Å². The Balaban J connectivity index is 1.99. The Morgan fingerprint density at radius 2 is 1.92 bits per heavy atom. The van der Waals surface area contributed by atoms with Gasteiger partial charge >= 0.3 is 0 Å². The molecule has 0 spiro atoms. The van der Waals surface area contributed by atoms with Crippen LogP contribution in [-0.2, 0) is 4.79 Å². The Morgan fingerprint density at radius 3 is 2.62 bits per heavy atom. The summed E-state index contributed by atoms with van der Waals surface area (Å²) in [6.07, 6.45) is 0.